The first-order chi connectivity index (χ1) is 8.85. The van der Waals surface area contributed by atoms with Crippen molar-refractivity contribution in [3.63, 3.8) is 0 Å². The Balaban J connectivity index is 2.18. The van der Waals surface area contributed by atoms with Gasteiger partial charge in [-0.15, -0.1) is 0 Å². The molecule has 19 heavy (non-hydrogen) atoms. The molecule has 1 aromatic heterocycles. The monoisotopic (exact) mass is 297 g/mol. The van der Waals surface area contributed by atoms with E-state index in [0.29, 0.717) is 10.0 Å². The average molecular weight is 298 g/mol. The first-order valence-corrected chi connectivity index (χ1v) is 6.85. The van der Waals surface area contributed by atoms with Crippen molar-refractivity contribution in [2.45, 2.75) is 32.9 Å². The van der Waals surface area contributed by atoms with Gasteiger partial charge in [0, 0.05) is 18.3 Å². The molecule has 0 aliphatic rings. The van der Waals surface area contributed by atoms with Crippen molar-refractivity contribution < 1.29 is 0 Å². The van der Waals surface area contributed by atoms with Crippen molar-refractivity contribution in [2.75, 3.05) is 0 Å². The molecule has 0 amide bonds. The van der Waals surface area contributed by atoms with Crippen LogP contribution in [0.2, 0.25) is 10.0 Å². The summed E-state index contributed by atoms with van der Waals surface area (Å²) in [6, 6.07) is 5.94. The molecule has 1 N–H and O–H groups in total. The van der Waals surface area contributed by atoms with E-state index in [1.165, 1.54) is 0 Å². The quantitative estimate of drug-likeness (QED) is 0.925. The molecule has 0 unspecified atom stereocenters. The summed E-state index contributed by atoms with van der Waals surface area (Å²) in [5.41, 5.74) is 2.05. The maximum Gasteiger partial charge on any atom is 0.0832 e. The Morgan fingerprint density at radius 1 is 1.26 bits per heavy atom. The SMILES string of the molecule is CC(C)(C)NCc1ccc(-n2cc(Cl)cn2)c(Cl)c1. The van der Waals surface area contributed by atoms with E-state index in [1.807, 2.05) is 18.2 Å². The third-order valence-electron chi connectivity index (χ3n) is 2.63. The molecule has 2 aromatic rings. The van der Waals surface area contributed by atoms with Gasteiger partial charge in [-0.1, -0.05) is 29.3 Å². The Labute approximate surface area is 123 Å². The van der Waals surface area contributed by atoms with E-state index in [0.717, 1.165) is 17.8 Å². The van der Waals surface area contributed by atoms with Crippen LogP contribution in [0.1, 0.15) is 26.3 Å². The van der Waals surface area contributed by atoms with Crippen molar-refractivity contribution in [1.82, 2.24) is 15.1 Å². The smallest absolute Gasteiger partial charge is 0.0832 e. The molecule has 0 radical (unpaired) electrons. The van der Waals surface area contributed by atoms with E-state index in [9.17, 15) is 0 Å². The predicted octanol–water partition coefficient (Wildman–Crippen LogP) is 4.07. The normalized spacial score (nSPS) is 11.8. The average Bonchev–Trinajstić information content (AvgIpc) is 2.72. The van der Waals surface area contributed by atoms with Crippen LogP contribution < -0.4 is 5.32 Å². The van der Waals surface area contributed by atoms with Crippen LogP contribution in [-0.4, -0.2) is 15.3 Å². The maximum atomic E-state index is 6.29. The first kappa shape index (κ1) is 14.4. The lowest BCUT2D eigenvalue weighted by Crippen LogP contribution is -2.35. The van der Waals surface area contributed by atoms with Gasteiger partial charge in [-0.3, -0.25) is 0 Å². The minimum atomic E-state index is 0.0840. The second-order valence-electron chi connectivity index (χ2n) is 5.49. The van der Waals surface area contributed by atoms with E-state index in [-0.39, 0.29) is 5.54 Å². The first-order valence-electron chi connectivity index (χ1n) is 6.09. The fraction of sp³-hybridized carbons (Fsp3) is 0.357. The standard InChI is InChI=1S/C14H17Cl2N3/c1-14(2,3)17-7-10-4-5-13(12(16)6-10)19-9-11(15)8-18-19/h4-6,8-9,17H,7H2,1-3H3. The lowest BCUT2D eigenvalue weighted by atomic mass is 10.1. The van der Waals surface area contributed by atoms with Crippen LogP contribution in [-0.2, 0) is 6.54 Å². The molecule has 0 saturated carbocycles. The minimum Gasteiger partial charge on any atom is -0.308 e. The zero-order valence-corrected chi connectivity index (χ0v) is 12.8. The fourth-order valence-electron chi connectivity index (χ4n) is 1.65. The number of hydrogen-bond donors (Lipinski definition) is 1. The number of benzene rings is 1. The summed E-state index contributed by atoms with van der Waals surface area (Å²) in [6.07, 6.45) is 3.32. The van der Waals surface area contributed by atoms with Gasteiger partial charge in [0.15, 0.2) is 0 Å². The van der Waals surface area contributed by atoms with E-state index >= 15 is 0 Å². The Bertz CT molecular complexity index is 570. The molecule has 0 spiro atoms. The molecular formula is C14H17Cl2N3. The fourth-order valence-corrected chi connectivity index (χ4v) is 2.07. The van der Waals surface area contributed by atoms with Crippen LogP contribution >= 0.6 is 23.2 Å². The Kier molecular flexibility index (Phi) is 4.19. The zero-order valence-electron chi connectivity index (χ0n) is 11.2. The molecule has 0 aliphatic heterocycles. The highest BCUT2D eigenvalue weighted by Gasteiger charge is 2.10. The Morgan fingerprint density at radius 3 is 2.53 bits per heavy atom. The largest absolute Gasteiger partial charge is 0.308 e. The maximum absolute atomic E-state index is 6.29. The number of nitrogens with zero attached hydrogens (tertiary/aromatic N) is 2. The van der Waals surface area contributed by atoms with Crippen LogP contribution in [0.5, 0.6) is 0 Å². The lowest BCUT2D eigenvalue weighted by molar-refractivity contribution is 0.424. The topological polar surface area (TPSA) is 29.9 Å². The molecule has 1 aromatic carbocycles. The Hall–Kier alpha value is -1.03. The van der Waals surface area contributed by atoms with Gasteiger partial charge in [0.05, 0.1) is 21.9 Å². The highest BCUT2D eigenvalue weighted by Crippen LogP contribution is 2.23. The van der Waals surface area contributed by atoms with E-state index in [1.54, 1.807) is 17.1 Å². The molecule has 0 bridgehead atoms. The number of halogens is 2. The van der Waals surface area contributed by atoms with Gasteiger partial charge in [-0.25, -0.2) is 4.68 Å². The molecule has 0 aliphatic carbocycles. The van der Waals surface area contributed by atoms with Crippen molar-refractivity contribution in [3.05, 3.63) is 46.2 Å². The van der Waals surface area contributed by atoms with Gasteiger partial charge in [0.2, 0.25) is 0 Å². The van der Waals surface area contributed by atoms with Crippen LogP contribution in [0.3, 0.4) is 0 Å². The summed E-state index contributed by atoms with van der Waals surface area (Å²) in [5.74, 6) is 0. The third kappa shape index (κ3) is 3.96. The summed E-state index contributed by atoms with van der Waals surface area (Å²) < 4.78 is 1.67. The molecule has 5 heteroatoms. The lowest BCUT2D eigenvalue weighted by Gasteiger charge is -2.20. The van der Waals surface area contributed by atoms with Crippen molar-refractivity contribution in [3.8, 4) is 5.69 Å². The molecule has 0 atom stereocenters. The zero-order chi connectivity index (χ0) is 14.0. The molecule has 102 valence electrons. The molecule has 3 nitrogen and oxygen atoms in total. The molecular weight excluding hydrogens is 281 g/mol. The van der Waals surface area contributed by atoms with E-state index in [4.69, 9.17) is 23.2 Å². The van der Waals surface area contributed by atoms with E-state index in [2.05, 4.69) is 31.2 Å². The van der Waals surface area contributed by atoms with Gasteiger partial charge in [0.25, 0.3) is 0 Å². The molecule has 1 heterocycles. The van der Waals surface area contributed by atoms with Crippen molar-refractivity contribution in [2.24, 2.45) is 0 Å². The van der Waals surface area contributed by atoms with Crippen molar-refractivity contribution >= 4 is 23.2 Å². The molecule has 2 rings (SSSR count). The van der Waals surface area contributed by atoms with Crippen LogP contribution in [0.4, 0.5) is 0 Å². The number of rotatable bonds is 3. The Morgan fingerprint density at radius 2 is 2.00 bits per heavy atom. The summed E-state index contributed by atoms with van der Waals surface area (Å²) >= 11 is 12.1. The highest BCUT2D eigenvalue weighted by atomic mass is 35.5. The summed E-state index contributed by atoms with van der Waals surface area (Å²) in [6.45, 7) is 7.18. The highest BCUT2D eigenvalue weighted by molar-refractivity contribution is 6.32. The number of hydrogen-bond acceptors (Lipinski definition) is 2. The van der Waals surface area contributed by atoms with Crippen LogP contribution in [0, 0.1) is 0 Å². The van der Waals surface area contributed by atoms with Gasteiger partial charge >= 0.3 is 0 Å². The molecule has 0 saturated heterocycles. The second kappa shape index (κ2) is 5.53. The second-order valence-corrected chi connectivity index (χ2v) is 6.34. The third-order valence-corrected chi connectivity index (χ3v) is 3.13. The van der Waals surface area contributed by atoms with Gasteiger partial charge in [-0.2, -0.15) is 5.10 Å². The van der Waals surface area contributed by atoms with Gasteiger partial charge < -0.3 is 5.32 Å². The number of aromatic nitrogens is 2. The van der Waals surface area contributed by atoms with Crippen LogP contribution in [0.25, 0.3) is 5.69 Å². The van der Waals surface area contributed by atoms with Crippen LogP contribution in [0.15, 0.2) is 30.6 Å². The van der Waals surface area contributed by atoms with Gasteiger partial charge in [-0.05, 0) is 38.5 Å². The predicted molar refractivity (Wildman–Crippen MR) is 80.2 cm³/mol. The van der Waals surface area contributed by atoms with E-state index < -0.39 is 0 Å². The van der Waals surface area contributed by atoms with Crippen molar-refractivity contribution in [1.29, 1.82) is 0 Å². The molecule has 0 fully saturated rings. The summed E-state index contributed by atoms with van der Waals surface area (Å²) in [7, 11) is 0. The van der Waals surface area contributed by atoms with Gasteiger partial charge in [0.1, 0.15) is 0 Å². The minimum absolute atomic E-state index is 0.0840. The number of nitrogens with one attached hydrogen (secondary N) is 1. The summed E-state index contributed by atoms with van der Waals surface area (Å²) in [4.78, 5) is 0. The summed E-state index contributed by atoms with van der Waals surface area (Å²) in [5, 5.41) is 8.83.